The highest BCUT2D eigenvalue weighted by Crippen LogP contribution is 2.36. The number of hydrogen-bond donors (Lipinski definition) is 2. The Labute approximate surface area is 113 Å². The predicted molar refractivity (Wildman–Crippen MR) is 67.1 cm³/mol. The Morgan fingerprint density at radius 3 is 2.70 bits per heavy atom. The predicted octanol–water partition coefficient (Wildman–Crippen LogP) is 2.63. The molecule has 0 aliphatic carbocycles. The van der Waals surface area contributed by atoms with Gasteiger partial charge in [0, 0.05) is 20.0 Å². The largest absolute Gasteiger partial charge is 0.440 e. The molecular weight excluding hydrogens is 273 g/mol. The monoisotopic (exact) mass is 288 g/mol. The van der Waals surface area contributed by atoms with E-state index < -0.39 is 17.8 Å². The van der Waals surface area contributed by atoms with Crippen molar-refractivity contribution in [3.63, 3.8) is 0 Å². The van der Waals surface area contributed by atoms with Gasteiger partial charge in [-0.1, -0.05) is 0 Å². The number of fused-ring (bicyclic) bond motifs is 1. The molecule has 0 aliphatic heterocycles. The summed E-state index contributed by atoms with van der Waals surface area (Å²) in [6.45, 7) is 3.62. The second kappa shape index (κ2) is 5.41. The summed E-state index contributed by atoms with van der Waals surface area (Å²) >= 11 is 0. The van der Waals surface area contributed by atoms with Gasteiger partial charge in [-0.05, 0) is 24.6 Å². The lowest BCUT2D eigenvalue weighted by Crippen LogP contribution is -2.24. The Morgan fingerprint density at radius 1 is 1.40 bits per heavy atom. The summed E-state index contributed by atoms with van der Waals surface area (Å²) in [5, 5.41) is 12.0. The quantitative estimate of drug-likeness (QED) is 0.908. The number of benzene rings is 1. The second-order valence-corrected chi connectivity index (χ2v) is 4.70. The van der Waals surface area contributed by atoms with Crippen molar-refractivity contribution in [2.75, 3.05) is 6.54 Å². The van der Waals surface area contributed by atoms with Crippen LogP contribution in [-0.4, -0.2) is 22.7 Å². The van der Waals surface area contributed by atoms with Crippen LogP contribution >= 0.6 is 0 Å². The van der Waals surface area contributed by atoms with Gasteiger partial charge in [0.25, 0.3) is 0 Å². The van der Waals surface area contributed by atoms with Gasteiger partial charge in [-0.2, -0.15) is 13.2 Å². The van der Waals surface area contributed by atoms with Crippen molar-refractivity contribution in [3.8, 4) is 0 Å². The minimum atomic E-state index is -4.50. The molecule has 0 saturated heterocycles. The molecule has 1 heterocycles. The topological polar surface area (TPSA) is 58.3 Å². The molecule has 2 aromatic rings. The highest BCUT2D eigenvalue weighted by molar-refractivity contribution is 5.78. The fourth-order valence-corrected chi connectivity index (χ4v) is 1.94. The van der Waals surface area contributed by atoms with Gasteiger partial charge in [-0.3, -0.25) is 0 Å². The number of rotatable bonds is 4. The van der Waals surface area contributed by atoms with E-state index in [0.29, 0.717) is 12.1 Å². The van der Waals surface area contributed by atoms with E-state index in [-0.39, 0.29) is 23.5 Å². The Kier molecular flexibility index (Phi) is 4.01. The number of nitrogens with zero attached hydrogens (tertiary/aromatic N) is 1. The van der Waals surface area contributed by atoms with Gasteiger partial charge in [0.1, 0.15) is 11.1 Å². The number of aromatic nitrogens is 1. The normalized spacial score (nSPS) is 13.9. The van der Waals surface area contributed by atoms with Crippen LogP contribution in [0.15, 0.2) is 16.5 Å². The zero-order valence-corrected chi connectivity index (χ0v) is 11.1. The van der Waals surface area contributed by atoms with E-state index in [1.807, 2.05) is 0 Å². The van der Waals surface area contributed by atoms with Crippen LogP contribution in [0.5, 0.6) is 0 Å². The zero-order chi connectivity index (χ0) is 14.9. The number of alkyl halides is 3. The van der Waals surface area contributed by atoms with E-state index in [1.54, 1.807) is 13.0 Å². The highest BCUT2D eigenvalue weighted by Gasteiger charge is 2.35. The molecular formula is C13H15F3N2O2. The lowest BCUT2D eigenvalue weighted by atomic mass is 10.1. The third-order valence-electron chi connectivity index (χ3n) is 2.73. The summed E-state index contributed by atoms with van der Waals surface area (Å²) in [5.74, 6) is 0.194. The van der Waals surface area contributed by atoms with E-state index in [0.717, 1.165) is 6.07 Å². The van der Waals surface area contributed by atoms with Crippen molar-refractivity contribution in [1.29, 1.82) is 0 Å². The van der Waals surface area contributed by atoms with Crippen LogP contribution in [0.1, 0.15) is 23.9 Å². The molecule has 2 N–H and O–H groups in total. The molecule has 1 aromatic heterocycles. The van der Waals surface area contributed by atoms with E-state index in [9.17, 15) is 13.2 Å². The molecule has 0 spiro atoms. The molecule has 0 unspecified atom stereocenters. The number of aliphatic hydroxyl groups excluding tert-OH is 1. The van der Waals surface area contributed by atoms with Gasteiger partial charge in [0.15, 0.2) is 11.5 Å². The average Bonchev–Trinajstić information content (AvgIpc) is 2.66. The van der Waals surface area contributed by atoms with Crippen LogP contribution in [-0.2, 0) is 12.7 Å². The Morgan fingerprint density at radius 2 is 2.10 bits per heavy atom. The van der Waals surface area contributed by atoms with Crippen molar-refractivity contribution in [3.05, 3.63) is 29.2 Å². The maximum absolute atomic E-state index is 13.0. The van der Waals surface area contributed by atoms with Gasteiger partial charge in [0.05, 0.1) is 6.10 Å². The third kappa shape index (κ3) is 3.29. The fraction of sp³-hybridized carbons (Fsp3) is 0.462. The molecule has 7 heteroatoms. The summed E-state index contributed by atoms with van der Waals surface area (Å²) in [6, 6.07) is 2.60. The molecule has 0 radical (unpaired) electrons. The molecule has 2 rings (SSSR count). The first-order valence-electron chi connectivity index (χ1n) is 6.13. The third-order valence-corrected chi connectivity index (χ3v) is 2.73. The number of nitrogens with one attached hydrogen (secondary N) is 1. The molecule has 110 valence electrons. The maximum atomic E-state index is 13.0. The Hall–Kier alpha value is -1.60. The van der Waals surface area contributed by atoms with E-state index in [2.05, 4.69) is 10.3 Å². The van der Waals surface area contributed by atoms with Crippen LogP contribution < -0.4 is 5.32 Å². The molecule has 1 atom stereocenters. The smallest absolute Gasteiger partial charge is 0.420 e. The molecule has 0 amide bonds. The lowest BCUT2D eigenvalue weighted by molar-refractivity contribution is -0.136. The molecule has 0 fully saturated rings. The minimum Gasteiger partial charge on any atom is -0.440 e. The van der Waals surface area contributed by atoms with Gasteiger partial charge >= 0.3 is 6.18 Å². The van der Waals surface area contributed by atoms with E-state index in [1.165, 1.54) is 6.92 Å². The first-order valence-corrected chi connectivity index (χ1v) is 6.13. The van der Waals surface area contributed by atoms with Crippen LogP contribution in [0.3, 0.4) is 0 Å². The molecule has 4 nitrogen and oxygen atoms in total. The van der Waals surface area contributed by atoms with E-state index in [4.69, 9.17) is 9.52 Å². The summed E-state index contributed by atoms with van der Waals surface area (Å²) in [5.41, 5.74) is -0.441. The average molecular weight is 288 g/mol. The number of oxazole rings is 1. The molecule has 20 heavy (non-hydrogen) atoms. The van der Waals surface area contributed by atoms with Gasteiger partial charge in [0.2, 0.25) is 0 Å². The lowest BCUT2D eigenvalue weighted by Gasteiger charge is -2.11. The standard InChI is InChI=1S/C13H15F3N2O2/c1-7(19)5-17-6-9-3-10(13(14,15)16)12-11(4-9)18-8(2)20-12/h3-4,7,17,19H,5-6H2,1-2H3/t7-/m0/s1. The molecule has 1 aromatic carbocycles. The van der Waals surface area contributed by atoms with E-state index >= 15 is 0 Å². The highest BCUT2D eigenvalue weighted by atomic mass is 19.4. The number of aryl methyl sites for hydroxylation is 1. The molecule has 0 bridgehead atoms. The zero-order valence-electron chi connectivity index (χ0n) is 11.1. The summed E-state index contributed by atoms with van der Waals surface area (Å²) in [7, 11) is 0. The number of halogens is 3. The maximum Gasteiger partial charge on any atom is 0.420 e. The van der Waals surface area contributed by atoms with Crippen molar-refractivity contribution >= 4 is 11.1 Å². The van der Waals surface area contributed by atoms with Gasteiger partial charge in [-0.25, -0.2) is 4.98 Å². The first-order chi connectivity index (χ1) is 9.27. The van der Waals surface area contributed by atoms with Crippen molar-refractivity contribution in [2.45, 2.75) is 32.7 Å². The van der Waals surface area contributed by atoms with Crippen LogP contribution in [0.25, 0.3) is 11.1 Å². The van der Waals surface area contributed by atoms with Crippen molar-refractivity contribution < 1.29 is 22.7 Å². The summed E-state index contributed by atoms with van der Waals surface area (Å²) in [4.78, 5) is 3.95. The van der Waals surface area contributed by atoms with Gasteiger partial charge < -0.3 is 14.8 Å². The van der Waals surface area contributed by atoms with Crippen molar-refractivity contribution in [1.82, 2.24) is 10.3 Å². The van der Waals surface area contributed by atoms with Crippen LogP contribution in [0.2, 0.25) is 0 Å². The minimum absolute atomic E-state index is 0.186. The first kappa shape index (κ1) is 14.8. The number of aliphatic hydroxyl groups is 1. The molecule has 0 aliphatic rings. The number of hydrogen-bond acceptors (Lipinski definition) is 4. The van der Waals surface area contributed by atoms with Crippen molar-refractivity contribution in [2.24, 2.45) is 0 Å². The summed E-state index contributed by atoms with van der Waals surface area (Å²) in [6.07, 6.45) is -5.06. The van der Waals surface area contributed by atoms with Crippen LogP contribution in [0.4, 0.5) is 13.2 Å². The fourth-order valence-electron chi connectivity index (χ4n) is 1.94. The summed E-state index contributed by atoms with van der Waals surface area (Å²) < 4.78 is 44.1. The SMILES string of the molecule is Cc1nc2cc(CNC[C@H](C)O)cc(C(F)(F)F)c2o1. The Bertz CT molecular complexity index is 605. The molecule has 0 saturated carbocycles. The Balaban J connectivity index is 2.37. The van der Waals surface area contributed by atoms with Crippen LogP contribution in [0, 0.1) is 6.92 Å². The van der Waals surface area contributed by atoms with Gasteiger partial charge in [-0.15, -0.1) is 0 Å². The second-order valence-electron chi connectivity index (χ2n) is 4.70.